The van der Waals surface area contributed by atoms with Gasteiger partial charge in [0.2, 0.25) is 5.13 Å². The molecule has 0 aliphatic carbocycles. The molecule has 0 amide bonds. The number of halogens is 2. The van der Waals surface area contributed by atoms with Crippen LogP contribution in [0, 0.1) is 5.82 Å². The normalized spacial score (nSPS) is 16.5. The smallest absolute Gasteiger partial charge is 0.208 e. The highest BCUT2D eigenvalue weighted by atomic mass is 79.9. The maximum atomic E-state index is 14.1. The Morgan fingerprint density at radius 1 is 1.15 bits per heavy atom. The van der Waals surface area contributed by atoms with Gasteiger partial charge in [0.1, 0.15) is 5.82 Å². The van der Waals surface area contributed by atoms with Crippen LogP contribution in [0.15, 0.2) is 47.2 Å². The van der Waals surface area contributed by atoms with E-state index in [9.17, 15) is 4.39 Å². The van der Waals surface area contributed by atoms with Gasteiger partial charge in [-0.25, -0.2) is 4.39 Å². The van der Waals surface area contributed by atoms with Gasteiger partial charge in [0.05, 0.1) is 0 Å². The molecule has 8 heteroatoms. The Kier molecular flexibility index (Phi) is 5.47. The molecule has 1 aliphatic rings. The van der Waals surface area contributed by atoms with Crippen LogP contribution in [0.25, 0.3) is 10.6 Å². The molecule has 0 spiro atoms. The lowest BCUT2D eigenvalue weighted by molar-refractivity contribution is 0.198. The van der Waals surface area contributed by atoms with Crippen LogP contribution >= 0.6 is 27.3 Å². The van der Waals surface area contributed by atoms with Gasteiger partial charge in [0.25, 0.3) is 0 Å². The summed E-state index contributed by atoms with van der Waals surface area (Å²) in [5, 5.41) is 9.96. The molecule has 1 saturated heterocycles. The van der Waals surface area contributed by atoms with E-state index in [-0.39, 0.29) is 5.82 Å². The molecule has 2 aromatic heterocycles. The Balaban J connectivity index is 1.43. The molecule has 4 rings (SSSR count). The van der Waals surface area contributed by atoms with E-state index in [0.717, 1.165) is 35.8 Å². The second-order valence-corrected chi connectivity index (χ2v) is 8.37. The summed E-state index contributed by atoms with van der Waals surface area (Å²) in [5.74, 6) is -0.281. The summed E-state index contributed by atoms with van der Waals surface area (Å²) >= 11 is 4.82. The molecule has 1 unspecified atom stereocenters. The number of piperazine rings is 1. The first-order valence-electron chi connectivity index (χ1n) is 8.79. The molecule has 5 nitrogen and oxygen atoms in total. The zero-order valence-corrected chi connectivity index (χ0v) is 17.2. The lowest BCUT2D eigenvalue weighted by Gasteiger charge is -2.37. The third-order valence-electron chi connectivity index (χ3n) is 4.87. The summed E-state index contributed by atoms with van der Waals surface area (Å²) in [4.78, 5) is 8.89. The number of benzene rings is 1. The molecule has 140 valence electrons. The van der Waals surface area contributed by atoms with Gasteiger partial charge in [0.15, 0.2) is 5.01 Å². The number of rotatable bonds is 4. The van der Waals surface area contributed by atoms with Gasteiger partial charge in [-0.3, -0.25) is 9.88 Å². The Morgan fingerprint density at radius 3 is 2.70 bits per heavy atom. The van der Waals surface area contributed by atoms with Crippen molar-refractivity contribution in [1.29, 1.82) is 0 Å². The van der Waals surface area contributed by atoms with Gasteiger partial charge in [0, 0.05) is 54.7 Å². The highest BCUT2D eigenvalue weighted by Crippen LogP contribution is 2.33. The molecule has 27 heavy (non-hydrogen) atoms. The fraction of sp³-hybridized carbons (Fsp3) is 0.316. The van der Waals surface area contributed by atoms with Crippen molar-refractivity contribution in [1.82, 2.24) is 20.1 Å². The fourth-order valence-electron chi connectivity index (χ4n) is 3.25. The number of aromatic nitrogens is 3. The predicted molar refractivity (Wildman–Crippen MR) is 109 cm³/mol. The van der Waals surface area contributed by atoms with Crippen LogP contribution in [0.1, 0.15) is 18.5 Å². The highest BCUT2D eigenvalue weighted by molar-refractivity contribution is 9.10. The fourth-order valence-corrected chi connectivity index (χ4v) is 4.52. The first kappa shape index (κ1) is 18.5. The zero-order valence-electron chi connectivity index (χ0n) is 14.8. The predicted octanol–water partition coefficient (Wildman–Crippen LogP) is 4.38. The number of pyridine rings is 1. The van der Waals surface area contributed by atoms with Crippen LogP contribution < -0.4 is 4.90 Å². The Hall–Kier alpha value is -1.90. The quantitative estimate of drug-likeness (QED) is 0.593. The SMILES string of the molecule is CC(c1cccnc1)N1CCN(c2nnc(-c3cc(Br)ccc3F)s2)CC1. The molecule has 3 aromatic rings. The van der Waals surface area contributed by atoms with Crippen molar-refractivity contribution in [2.75, 3.05) is 31.1 Å². The van der Waals surface area contributed by atoms with Crippen molar-refractivity contribution < 1.29 is 4.39 Å². The Morgan fingerprint density at radius 2 is 1.96 bits per heavy atom. The van der Waals surface area contributed by atoms with E-state index < -0.39 is 0 Å². The van der Waals surface area contributed by atoms with E-state index in [4.69, 9.17) is 0 Å². The third kappa shape index (κ3) is 4.02. The number of anilines is 1. The van der Waals surface area contributed by atoms with Crippen LogP contribution in [0.4, 0.5) is 9.52 Å². The molecule has 0 radical (unpaired) electrons. The second-order valence-electron chi connectivity index (χ2n) is 6.50. The molecule has 1 atom stereocenters. The lowest BCUT2D eigenvalue weighted by atomic mass is 10.1. The Labute approximate surface area is 170 Å². The van der Waals surface area contributed by atoms with Crippen LogP contribution in [0.3, 0.4) is 0 Å². The highest BCUT2D eigenvalue weighted by Gasteiger charge is 2.24. The molecule has 0 saturated carbocycles. The first-order chi connectivity index (χ1) is 13.1. The van der Waals surface area contributed by atoms with Crippen molar-refractivity contribution in [3.8, 4) is 10.6 Å². The molecular weight excluding hydrogens is 429 g/mol. The molecule has 0 bridgehead atoms. The van der Waals surface area contributed by atoms with E-state index in [1.165, 1.54) is 23.0 Å². The van der Waals surface area contributed by atoms with Crippen molar-refractivity contribution >= 4 is 32.4 Å². The minimum absolute atomic E-state index is 0.281. The van der Waals surface area contributed by atoms with Crippen molar-refractivity contribution in [2.45, 2.75) is 13.0 Å². The number of hydrogen-bond acceptors (Lipinski definition) is 6. The summed E-state index contributed by atoms with van der Waals surface area (Å²) in [5.41, 5.74) is 1.71. The summed E-state index contributed by atoms with van der Waals surface area (Å²) in [6, 6.07) is 9.30. The topological polar surface area (TPSA) is 45.2 Å². The van der Waals surface area contributed by atoms with Crippen molar-refractivity contribution in [3.63, 3.8) is 0 Å². The second kappa shape index (κ2) is 8.00. The molecule has 3 heterocycles. The van der Waals surface area contributed by atoms with Crippen LogP contribution in [0.5, 0.6) is 0 Å². The van der Waals surface area contributed by atoms with Crippen molar-refractivity contribution in [3.05, 3.63) is 58.6 Å². The van der Waals surface area contributed by atoms with E-state index in [0.29, 0.717) is 16.6 Å². The Bertz CT molecular complexity index is 911. The molecule has 1 aromatic carbocycles. The van der Waals surface area contributed by atoms with Gasteiger partial charge in [-0.05, 0) is 36.8 Å². The monoisotopic (exact) mass is 447 g/mol. The minimum atomic E-state index is -0.281. The molecular formula is C19H19BrFN5S. The van der Waals surface area contributed by atoms with Crippen molar-refractivity contribution in [2.24, 2.45) is 0 Å². The summed E-state index contributed by atoms with van der Waals surface area (Å²) in [7, 11) is 0. The van der Waals surface area contributed by atoms with E-state index >= 15 is 0 Å². The summed E-state index contributed by atoms with van der Waals surface area (Å²) in [6.07, 6.45) is 3.73. The first-order valence-corrected chi connectivity index (χ1v) is 10.4. The van der Waals surface area contributed by atoms with Crippen LogP contribution in [0.2, 0.25) is 0 Å². The number of hydrogen-bond donors (Lipinski definition) is 0. The van der Waals surface area contributed by atoms with Gasteiger partial charge in [-0.15, -0.1) is 10.2 Å². The maximum Gasteiger partial charge on any atom is 0.208 e. The maximum absolute atomic E-state index is 14.1. The summed E-state index contributed by atoms with van der Waals surface area (Å²) in [6.45, 7) is 5.85. The third-order valence-corrected chi connectivity index (χ3v) is 6.38. The molecule has 1 fully saturated rings. The lowest BCUT2D eigenvalue weighted by Crippen LogP contribution is -2.47. The standard InChI is InChI=1S/C19H19BrFN5S/c1-13(14-3-2-6-22-12-14)25-7-9-26(10-8-25)19-24-23-18(27-19)16-11-15(20)4-5-17(16)21/h2-6,11-13H,7-10H2,1H3. The largest absolute Gasteiger partial charge is 0.344 e. The zero-order chi connectivity index (χ0) is 18.8. The van der Waals surface area contributed by atoms with Gasteiger partial charge in [-0.1, -0.05) is 33.3 Å². The average molecular weight is 448 g/mol. The van der Waals surface area contributed by atoms with E-state index in [1.807, 2.05) is 12.3 Å². The van der Waals surface area contributed by atoms with Gasteiger partial charge >= 0.3 is 0 Å². The van der Waals surface area contributed by atoms with Gasteiger partial charge < -0.3 is 4.90 Å². The number of nitrogens with zero attached hydrogens (tertiary/aromatic N) is 5. The van der Waals surface area contributed by atoms with Gasteiger partial charge in [-0.2, -0.15) is 0 Å². The summed E-state index contributed by atoms with van der Waals surface area (Å²) < 4.78 is 14.9. The average Bonchev–Trinajstić information content (AvgIpc) is 3.20. The molecule has 0 N–H and O–H groups in total. The van der Waals surface area contributed by atoms with Crippen LogP contribution in [-0.2, 0) is 0 Å². The molecule has 1 aliphatic heterocycles. The van der Waals surface area contributed by atoms with E-state index in [2.05, 4.69) is 53.9 Å². The van der Waals surface area contributed by atoms with E-state index in [1.54, 1.807) is 18.3 Å². The minimum Gasteiger partial charge on any atom is -0.344 e. The van der Waals surface area contributed by atoms with Crippen LogP contribution in [-0.4, -0.2) is 46.3 Å².